The zero-order chi connectivity index (χ0) is 15.6. The van der Waals surface area contributed by atoms with Crippen LogP contribution < -0.4 is 5.73 Å². The first-order chi connectivity index (χ1) is 9.90. The molecular formula is C13H13F2N3O3. The highest BCUT2D eigenvalue weighted by Crippen LogP contribution is 2.33. The average molecular weight is 297 g/mol. The first-order valence-corrected chi connectivity index (χ1v) is 6.22. The Morgan fingerprint density at radius 3 is 2.67 bits per heavy atom. The van der Waals surface area contributed by atoms with Crippen molar-refractivity contribution in [1.82, 2.24) is 4.90 Å². The third-order valence-corrected chi connectivity index (χ3v) is 3.26. The number of nitro benzene ring substituents is 1. The average Bonchev–Trinajstić information content (AvgIpc) is 2.42. The molecule has 0 radical (unpaired) electrons. The van der Waals surface area contributed by atoms with Gasteiger partial charge in [-0.25, -0.2) is 8.78 Å². The molecule has 2 N–H and O–H groups in total. The fourth-order valence-electron chi connectivity index (χ4n) is 2.30. The third-order valence-electron chi connectivity index (χ3n) is 3.26. The Balaban J connectivity index is 2.35. The number of benzene rings is 1. The molecule has 0 unspecified atom stereocenters. The summed E-state index contributed by atoms with van der Waals surface area (Å²) in [4.78, 5) is 22.8. The molecule has 0 saturated heterocycles. The van der Waals surface area contributed by atoms with Crippen molar-refractivity contribution in [3.63, 3.8) is 0 Å². The van der Waals surface area contributed by atoms with Crippen molar-refractivity contribution < 1.29 is 18.5 Å². The normalized spacial score (nSPS) is 15.6. The van der Waals surface area contributed by atoms with E-state index in [0.717, 1.165) is 12.1 Å². The van der Waals surface area contributed by atoms with E-state index in [0.29, 0.717) is 18.7 Å². The second kappa shape index (κ2) is 5.96. The Hall–Kier alpha value is -2.35. The van der Waals surface area contributed by atoms with Crippen LogP contribution in [0.4, 0.5) is 14.5 Å². The molecule has 0 atom stereocenters. The number of rotatable bonds is 4. The van der Waals surface area contributed by atoms with E-state index in [-0.39, 0.29) is 18.5 Å². The maximum Gasteiger partial charge on any atom is 0.280 e. The van der Waals surface area contributed by atoms with Crippen LogP contribution in [0.3, 0.4) is 0 Å². The van der Waals surface area contributed by atoms with Crippen molar-refractivity contribution in [1.29, 1.82) is 0 Å². The summed E-state index contributed by atoms with van der Waals surface area (Å²) < 4.78 is 27.2. The summed E-state index contributed by atoms with van der Waals surface area (Å²) >= 11 is 0. The number of carbonyl (C=O) groups excluding carboxylic acids is 1. The molecule has 0 bridgehead atoms. The Morgan fingerprint density at radius 2 is 2.14 bits per heavy atom. The predicted octanol–water partition coefficient (Wildman–Crippen LogP) is 1.45. The smallest absolute Gasteiger partial charge is 0.280 e. The molecular weight excluding hydrogens is 284 g/mol. The molecule has 0 aromatic heterocycles. The first-order valence-electron chi connectivity index (χ1n) is 6.22. The van der Waals surface area contributed by atoms with Gasteiger partial charge in [0.15, 0.2) is 11.6 Å². The summed E-state index contributed by atoms with van der Waals surface area (Å²) in [6.45, 7) is 0.741. The van der Waals surface area contributed by atoms with E-state index in [9.17, 15) is 23.7 Å². The van der Waals surface area contributed by atoms with E-state index in [1.165, 1.54) is 0 Å². The SMILES string of the molecule is NC(=O)CN1CC=C(c2c([N+](=O)[O-])ccc(F)c2F)CC1. The van der Waals surface area contributed by atoms with Crippen molar-refractivity contribution >= 4 is 17.2 Å². The van der Waals surface area contributed by atoms with E-state index < -0.39 is 28.2 Å². The van der Waals surface area contributed by atoms with Crippen LogP contribution in [0.2, 0.25) is 0 Å². The number of primary amides is 1. The van der Waals surface area contributed by atoms with Crippen molar-refractivity contribution in [2.45, 2.75) is 6.42 Å². The molecule has 1 aliphatic rings. The summed E-state index contributed by atoms with van der Waals surface area (Å²) in [7, 11) is 0. The highest BCUT2D eigenvalue weighted by Gasteiger charge is 2.26. The minimum atomic E-state index is -1.22. The van der Waals surface area contributed by atoms with Crippen LogP contribution >= 0.6 is 0 Å². The van der Waals surface area contributed by atoms with Crippen molar-refractivity contribution in [3.8, 4) is 0 Å². The van der Waals surface area contributed by atoms with Gasteiger partial charge in [-0.3, -0.25) is 19.8 Å². The van der Waals surface area contributed by atoms with Crippen LogP contribution in [0.25, 0.3) is 5.57 Å². The van der Waals surface area contributed by atoms with Gasteiger partial charge in [-0.15, -0.1) is 0 Å². The lowest BCUT2D eigenvalue weighted by Crippen LogP contribution is -2.36. The molecule has 0 fully saturated rings. The second-order valence-corrected chi connectivity index (χ2v) is 4.69. The number of carbonyl (C=O) groups is 1. The number of nitrogens with two attached hydrogens (primary N) is 1. The molecule has 21 heavy (non-hydrogen) atoms. The van der Waals surface area contributed by atoms with Gasteiger partial charge in [0.2, 0.25) is 5.91 Å². The molecule has 1 aromatic rings. The van der Waals surface area contributed by atoms with Crippen molar-refractivity contribution in [2.75, 3.05) is 19.6 Å². The number of hydrogen-bond acceptors (Lipinski definition) is 4. The molecule has 6 nitrogen and oxygen atoms in total. The van der Waals surface area contributed by atoms with Gasteiger partial charge in [0.05, 0.1) is 17.0 Å². The first kappa shape index (κ1) is 15.0. The van der Waals surface area contributed by atoms with E-state index in [1.807, 2.05) is 0 Å². The zero-order valence-corrected chi connectivity index (χ0v) is 11.0. The maximum atomic E-state index is 13.9. The molecule has 0 saturated carbocycles. The maximum absolute atomic E-state index is 13.9. The largest absolute Gasteiger partial charge is 0.369 e. The highest BCUT2D eigenvalue weighted by molar-refractivity contribution is 5.77. The minimum absolute atomic E-state index is 0.0531. The fourth-order valence-corrected chi connectivity index (χ4v) is 2.30. The van der Waals surface area contributed by atoms with Gasteiger partial charge in [0.25, 0.3) is 5.69 Å². The number of amides is 1. The molecule has 1 heterocycles. The van der Waals surface area contributed by atoms with Gasteiger partial charge in [0.1, 0.15) is 0 Å². The molecule has 0 aliphatic carbocycles. The second-order valence-electron chi connectivity index (χ2n) is 4.69. The van der Waals surface area contributed by atoms with Gasteiger partial charge in [0, 0.05) is 19.2 Å². The topological polar surface area (TPSA) is 89.5 Å². The van der Waals surface area contributed by atoms with Gasteiger partial charge in [-0.05, 0) is 18.1 Å². The van der Waals surface area contributed by atoms with Crippen LogP contribution in [-0.2, 0) is 4.79 Å². The molecule has 8 heteroatoms. The van der Waals surface area contributed by atoms with Crippen LogP contribution in [-0.4, -0.2) is 35.4 Å². The Morgan fingerprint density at radius 1 is 1.43 bits per heavy atom. The molecule has 0 spiro atoms. The summed E-state index contributed by atoms with van der Waals surface area (Å²) in [6.07, 6.45) is 1.83. The van der Waals surface area contributed by atoms with Crippen LogP contribution in [0.5, 0.6) is 0 Å². The van der Waals surface area contributed by atoms with Gasteiger partial charge < -0.3 is 5.73 Å². The Labute approximate surface area is 119 Å². The van der Waals surface area contributed by atoms with E-state index >= 15 is 0 Å². The molecule has 112 valence electrons. The fraction of sp³-hybridized carbons (Fsp3) is 0.308. The summed E-state index contributed by atoms with van der Waals surface area (Å²) in [5.74, 6) is -2.84. The third kappa shape index (κ3) is 3.22. The van der Waals surface area contributed by atoms with Gasteiger partial charge in [-0.1, -0.05) is 6.08 Å². The lowest BCUT2D eigenvalue weighted by Gasteiger charge is -2.25. The summed E-state index contributed by atoms with van der Waals surface area (Å²) in [6, 6.07) is 1.68. The zero-order valence-electron chi connectivity index (χ0n) is 11.0. The monoisotopic (exact) mass is 297 g/mol. The quantitative estimate of drug-likeness (QED) is 0.672. The van der Waals surface area contributed by atoms with Crippen LogP contribution in [0.15, 0.2) is 18.2 Å². The van der Waals surface area contributed by atoms with Gasteiger partial charge >= 0.3 is 0 Å². The number of hydrogen-bond donors (Lipinski definition) is 1. The number of nitro groups is 1. The van der Waals surface area contributed by atoms with Crippen molar-refractivity contribution in [2.24, 2.45) is 5.73 Å². The van der Waals surface area contributed by atoms with E-state index in [1.54, 1.807) is 11.0 Å². The Bertz CT molecular complexity index is 631. The number of nitrogens with zero attached hydrogens (tertiary/aromatic N) is 2. The lowest BCUT2D eigenvalue weighted by molar-refractivity contribution is -0.385. The molecule has 1 amide bonds. The van der Waals surface area contributed by atoms with E-state index in [2.05, 4.69) is 0 Å². The molecule has 2 rings (SSSR count). The van der Waals surface area contributed by atoms with Crippen LogP contribution in [0, 0.1) is 21.7 Å². The summed E-state index contributed by atoms with van der Waals surface area (Å²) in [5, 5.41) is 11.0. The van der Waals surface area contributed by atoms with Crippen LogP contribution in [0.1, 0.15) is 12.0 Å². The molecule has 1 aromatic carbocycles. The minimum Gasteiger partial charge on any atom is -0.369 e. The standard InChI is InChI=1S/C13H13F2N3O3/c14-9-1-2-10(18(20)21)12(13(9)15)8-3-5-17(6-4-8)7-11(16)19/h1-3H,4-7H2,(H2,16,19). The predicted molar refractivity (Wildman–Crippen MR) is 71.2 cm³/mol. The Kier molecular flexibility index (Phi) is 4.27. The van der Waals surface area contributed by atoms with E-state index in [4.69, 9.17) is 5.73 Å². The molecule has 1 aliphatic heterocycles. The summed E-state index contributed by atoms with van der Waals surface area (Å²) in [5.41, 5.74) is 4.65. The van der Waals surface area contributed by atoms with Crippen molar-refractivity contribution in [3.05, 3.63) is 45.5 Å². The van der Waals surface area contributed by atoms with Gasteiger partial charge in [-0.2, -0.15) is 0 Å². The highest BCUT2D eigenvalue weighted by atomic mass is 19.2. The number of halogens is 2. The lowest BCUT2D eigenvalue weighted by atomic mass is 9.97.